The van der Waals surface area contributed by atoms with Crippen molar-refractivity contribution in [2.24, 2.45) is 0 Å². The molecular formula is C19H23ClN4O4. The Bertz CT molecular complexity index is 787. The largest absolute Gasteiger partial charge is 0.444 e. The summed E-state index contributed by atoms with van der Waals surface area (Å²) in [5, 5.41) is 6.01. The average molecular weight is 407 g/mol. The maximum Gasteiger partial charge on any atom is 0.239 e. The van der Waals surface area contributed by atoms with Crippen molar-refractivity contribution >= 4 is 23.4 Å². The van der Waals surface area contributed by atoms with E-state index < -0.39 is 0 Å². The molecule has 0 radical (unpaired) electrons. The smallest absolute Gasteiger partial charge is 0.239 e. The van der Waals surface area contributed by atoms with Crippen molar-refractivity contribution in [1.82, 2.24) is 20.5 Å². The van der Waals surface area contributed by atoms with Gasteiger partial charge in [0.2, 0.25) is 17.7 Å². The molecule has 9 heteroatoms. The quantitative estimate of drug-likeness (QED) is 0.681. The van der Waals surface area contributed by atoms with Crippen LogP contribution in [0.2, 0.25) is 5.02 Å². The van der Waals surface area contributed by atoms with Crippen molar-refractivity contribution in [2.45, 2.75) is 6.42 Å². The number of rotatable bonds is 8. The number of hydrogen-bond acceptors (Lipinski definition) is 6. The molecule has 1 saturated heterocycles. The Morgan fingerprint density at radius 3 is 2.61 bits per heavy atom. The number of benzene rings is 1. The van der Waals surface area contributed by atoms with Gasteiger partial charge in [-0.1, -0.05) is 11.6 Å². The summed E-state index contributed by atoms with van der Waals surface area (Å²) >= 11 is 5.86. The molecular weight excluding hydrogens is 384 g/mol. The van der Waals surface area contributed by atoms with E-state index in [1.54, 1.807) is 24.3 Å². The van der Waals surface area contributed by atoms with Gasteiger partial charge in [-0.05, 0) is 24.3 Å². The van der Waals surface area contributed by atoms with Crippen molar-refractivity contribution in [3.63, 3.8) is 0 Å². The van der Waals surface area contributed by atoms with Gasteiger partial charge in [-0.15, -0.1) is 0 Å². The third-order valence-corrected chi connectivity index (χ3v) is 4.54. The lowest BCUT2D eigenvalue weighted by atomic mass is 10.2. The summed E-state index contributed by atoms with van der Waals surface area (Å²) in [4.78, 5) is 30.4. The van der Waals surface area contributed by atoms with Crippen molar-refractivity contribution in [2.75, 3.05) is 45.9 Å². The minimum absolute atomic E-state index is 0.0398. The summed E-state index contributed by atoms with van der Waals surface area (Å²) in [6, 6.07) is 7.06. The van der Waals surface area contributed by atoms with Crippen LogP contribution < -0.4 is 10.6 Å². The summed E-state index contributed by atoms with van der Waals surface area (Å²) in [6.07, 6.45) is 1.48. The predicted molar refractivity (Wildman–Crippen MR) is 104 cm³/mol. The lowest BCUT2D eigenvalue weighted by Crippen LogP contribution is -2.43. The van der Waals surface area contributed by atoms with E-state index >= 15 is 0 Å². The Morgan fingerprint density at radius 1 is 1.11 bits per heavy atom. The number of nitrogens with one attached hydrogen (secondary N) is 2. The fraction of sp³-hybridized carbons (Fsp3) is 0.421. The molecule has 1 aromatic carbocycles. The SMILES string of the molecule is O=C(CNC(=O)Cc1coc(-c2ccc(Cl)cc2)n1)NCCN1CCOCC1. The van der Waals surface area contributed by atoms with E-state index in [-0.39, 0.29) is 24.8 Å². The van der Waals surface area contributed by atoms with Crippen LogP contribution in [0, 0.1) is 0 Å². The maximum absolute atomic E-state index is 12.0. The zero-order valence-corrected chi connectivity index (χ0v) is 16.2. The highest BCUT2D eigenvalue weighted by Gasteiger charge is 2.13. The van der Waals surface area contributed by atoms with Gasteiger partial charge in [0, 0.05) is 36.8 Å². The highest BCUT2D eigenvalue weighted by molar-refractivity contribution is 6.30. The Kier molecular flexibility index (Phi) is 7.41. The predicted octanol–water partition coefficient (Wildman–Crippen LogP) is 1.10. The minimum atomic E-state index is -0.292. The summed E-state index contributed by atoms with van der Waals surface area (Å²) in [7, 11) is 0. The minimum Gasteiger partial charge on any atom is -0.444 e. The summed E-state index contributed by atoms with van der Waals surface area (Å²) in [5.41, 5.74) is 1.27. The van der Waals surface area contributed by atoms with Crippen LogP contribution in [0.3, 0.4) is 0 Å². The number of nitrogens with zero attached hydrogens (tertiary/aromatic N) is 2. The van der Waals surface area contributed by atoms with Crippen molar-refractivity contribution in [1.29, 1.82) is 0 Å². The fourth-order valence-electron chi connectivity index (χ4n) is 2.76. The standard InChI is InChI=1S/C19H23ClN4O4/c20-15-3-1-14(2-4-15)19-23-16(13-28-19)11-17(25)22-12-18(26)21-5-6-24-7-9-27-10-8-24/h1-4,13H,5-12H2,(H,21,26)(H,22,25). The third-order valence-electron chi connectivity index (χ3n) is 4.28. The number of carbonyl (C=O) groups is 2. The van der Waals surface area contributed by atoms with Gasteiger partial charge in [-0.2, -0.15) is 0 Å². The average Bonchev–Trinajstić information content (AvgIpc) is 3.16. The maximum atomic E-state index is 12.0. The molecule has 0 spiro atoms. The molecule has 8 nitrogen and oxygen atoms in total. The van der Waals surface area contributed by atoms with Crippen LogP contribution in [0.15, 0.2) is 34.9 Å². The number of aromatic nitrogens is 1. The first-order chi connectivity index (χ1) is 13.6. The van der Waals surface area contributed by atoms with E-state index in [9.17, 15) is 9.59 Å². The number of hydrogen-bond donors (Lipinski definition) is 2. The van der Waals surface area contributed by atoms with E-state index in [0.717, 1.165) is 38.4 Å². The van der Waals surface area contributed by atoms with Crippen molar-refractivity contribution in [3.8, 4) is 11.5 Å². The highest BCUT2D eigenvalue weighted by Crippen LogP contribution is 2.20. The second kappa shape index (κ2) is 10.2. The van der Waals surface area contributed by atoms with Gasteiger partial charge in [0.1, 0.15) is 6.26 Å². The molecule has 0 atom stereocenters. The molecule has 3 rings (SSSR count). The molecule has 2 amide bonds. The highest BCUT2D eigenvalue weighted by atomic mass is 35.5. The van der Waals surface area contributed by atoms with Crippen LogP contribution >= 0.6 is 11.6 Å². The van der Waals surface area contributed by atoms with Crippen molar-refractivity contribution < 1.29 is 18.7 Å². The second-order valence-corrected chi connectivity index (χ2v) is 6.84. The van der Waals surface area contributed by atoms with Gasteiger partial charge in [0.15, 0.2) is 0 Å². The number of ether oxygens (including phenoxy) is 1. The Hall–Kier alpha value is -2.42. The molecule has 0 saturated carbocycles. The van der Waals surface area contributed by atoms with Crippen molar-refractivity contribution in [3.05, 3.63) is 41.2 Å². The summed E-state index contributed by atoms with van der Waals surface area (Å²) < 4.78 is 10.7. The number of oxazole rings is 1. The molecule has 0 bridgehead atoms. The first kappa shape index (κ1) is 20.3. The van der Waals surface area contributed by atoms with E-state index in [2.05, 4.69) is 20.5 Å². The van der Waals surface area contributed by atoms with Crippen LogP contribution in [-0.2, 0) is 20.7 Å². The molecule has 2 heterocycles. The van der Waals surface area contributed by atoms with Gasteiger partial charge in [-0.25, -0.2) is 4.98 Å². The number of halogens is 1. The van der Waals surface area contributed by atoms with E-state index in [4.69, 9.17) is 20.8 Å². The van der Waals surface area contributed by atoms with E-state index in [1.807, 2.05) is 0 Å². The first-order valence-corrected chi connectivity index (χ1v) is 9.52. The number of carbonyl (C=O) groups excluding carboxylic acids is 2. The fourth-order valence-corrected chi connectivity index (χ4v) is 2.89. The number of amides is 2. The first-order valence-electron chi connectivity index (χ1n) is 9.14. The Balaban J connectivity index is 1.36. The monoisotopic (exact) mass is 406 g/mol. The lowest BCUT2D eigenvalue weighted by Gasteiger charge is -2.26. The molecule has 150 valence electrons. The van der Waals surface area contributed by atoms with Crippen LogP contribution in [0.1, 0.15) is 5.69 Å². The molecule has 28 heavy (non-hydrogen) atoms. The molecule has 0 unspecified atom stereocenters. The molecule has 1 aromatic heterocycles. The molecule has 1 fully saturated rings. The second-order valence-electron chi connectivity index (χ2n) is 6.41. The topological polar surface area (TPSA) is 96.7 Å². The van der Waals surface area contributed by atoms with Gasteiger partial charge in [-0.3, -0.25) is 14.5 Å². The third kappa shape index (κ3) is 6.33. The van der Waals surface area contributed by atoms with Gasteiger partial charge < -0.3 is 19.8 Å². The molecule has 2 aromatic rings. The summed E-state index contributed by atoms with van der Waals surface area (Å²) in [6.45, 7) is 4.46. The zero-order chi connectivity index (χ0) is 19.8. The molecule has 0 aliphatic carbocycles. The van der Waals surface area contributed by atoms with Crippen LogP contribution in [0.4, 0.5) is 0 Å². The molecule has 1 aliphatic heterocycles. The van der Waals surface area contributed by atoms with Crippen LogP contribution in [0.5, 0.6) is 0 Å². The van der Waals surface area contributed by atoms with E-state index in [1.165, 1.54) is 6.26 Å². The zero-order valence-electron chi connectivity index (χ0n) is 15.4. The van der Waals surface area contributed by atoms with E-state index in [0.29, 0.717) is 23.2 Å². The number of morpholine rings is 1. The van der Waals surface area contributed by atoms with Crippen LogP contribution in [-0.4, -0.2) is 67.6 Å². The van der Waals surface area contributed by atoms with Crippen LogP contribution in [0.25, 0.3) is 11.5 Å². The van der Waals surface area contributed by atoms with Gasteiger partial charge in [0.05, 0.1) is 31.9 Å². The summed E-state index contributed by atoms with van der Waals surface area (Å²) in [5.74, 6) is -0.0942. The Labute approximate surface area is 168 Å². The molecule has 2 N–H and O–H groups in total. The van der Waals surface area contributed by atoms with Gasteiger partial charge >= 0.3 is 0 Å². The Morgan fingerprint density at radius 2 is 1.86 bits per heavy atom. The molecule has 1 aliphatic rings. The lowest BCUT2D eigenvalue weighted by molar-refractivity contribution is -0.125. The normalized spacial score (nSPS) is 14.6. The van der Waals surface area contributed by atoms with Gasteiger partial charge in [0.25, 0.3) is 0 Å².